The van der Waals surface area contributed by atoms with E-state index in [4.69, 9.17) is 4.74 Å². The number of methoxy groups -OCH3 is 1. The van der Waals surface area contributed by atoms with Gasteiger partial charge in [-0.2, -0.15) is 0 Å². The van der Waals surface area contributed by atoms with Gasteiger partial charge in [-0.3, -0.25) is 10.1 Å². The quantitative estimate of drug-likeness (QED) is 0.809. The molecule has 0 saturated carbocycles. The predicted molar refractivity (Wildman–Crippen MR) is 82.5 cm³/mol. The van der Waals surface area contributed by atoms with E-state index in [0.717, 1.165) is 12.0 Å². The van der Waals surface area contributed by atoms with Gasteiger partial charge in [-0.1, -0.05) is 20.8 Å². The monoisotopic (exact) mass is 294 g/mol. The molecule has 118 valence electrons. The second-order valence-electron chi connectivity index (χ2n) is 6.51. The van der Waals surface area contributed by atoms with Gasteiger partial charge in [0.15, 0.2) is 0 Å². The molecule has 0 aliphatic rings. The molecule has 0 bridgehead atoms. The summed E-state index contributed by atoms with van der Waals surface area (Å²) in [5.41, 5.74) is 1.09. The van der Waals surface area contributed by atoms with Crippen molar-refractivity contribution in [3.05, 3.63) is 23.9 Å². The molecule has 0 aromatic carbocycles. The highest BCUT2D eigenvalue weighted by Gasteiger charge is 2.23. The molecule has 0 aliphatic heterocycles. The summed E-state index contributed by atoms with van der Waals surface area (Å²) >= 11 is 0. The van der Waals surface area contributed by atoms with E-state index in [9.17, 15) is 9.90 Å². The molecule has 21 heavy (non-hydrogen) atoms. The minimum Gasteiger partial charge on any atom is -0.481 e. The molecule has 0 fully saturated rings. The number of carboxylic acids is 1. The average molecular weight is 294 g/mol. The van der Waals surface area contributed by atoms with Crippen LogP contribution >= 0.6 is 0 Å². The summed E-state index contributed by atoms with van der Waals surface area (Å²) in [6.07, 6.45) is 3.12. The Morgan fingerprint density at radius 2 is 2.14 bits per heavy atom. The standard InChI is InChI=1S/C16H26N2O3/c1-11(12-7-9-17-14(10-12)21-5)18-13(15(19)20)6-8-16(2,3)4/h7,9-11,13,18H,6,8H2,1-5H3,(H,19,20). The Morgan fingerprint density at radius 1 is 1.48 bits per heavy atom. The first-order valence-corrected chi connectivity index (χ1v) is 7.22. The predicted octanol–water partition coefficient (Wildman–Crippen LogP) is 3.02. The van der Waals surface area contributed by atoms with E-state index in [2.05, 4.69) is 31.1 Å². The SMILES string of the molecule is COc1cc(C(C)NC(CCC(C)(C)C)C(=O)O)ccn1. The highest BCUT2D eigenvalue weighted by Crippen LogP contribution is 2.23. The molecule has 2 atom stereocenters. The lowest BCUT2D eigenvalue weighted by Gasteiger charge is -2.24. The molecule has 0 aliphatic carbocycles. The molecule has 1 heterocycles. The molecule has 5 heteroatoms. The molecule has 0 saturated heterocycles. The normalized spacial score (nSPS) is 14.5. The largest absolute Gasteiger partial charge is 0.481 e. The van der Waals surface area contributed by atoms with Crippen molar-refractivity contribution in [1.29, 1.82) is 0 Å². The highest BCUT2D eigenvalue weighted by molar-refractivity contribution is 5.73. The molecular weight excluding hydrogens is 268 g/mol. The first kappa shape index (κ1) is 17.4. The van der Waals surface area contributed by atoms with Gasteiger partial charge in [-0.15, -0.1) is 0 Å². The van der Waals surface area contributed by atoms with Gasteiger partial charge < -0.3 is 9.84 Å². The van der Waals surface area contributed by atoms with Crippen molar-refractivity contribution in [2.75, 3.05) is 7.11 Å². The second kappa shape index (κ2) is 7.41. The minimum absolute atomic E-state index is 0.0806. The van der Waals surface area contributed by atoms with Gasteiger partial charge in [0.1, 0.15) is 6.04 Å². The topological polar surface area (TPSA) is 71.5 Å². The van der Waals surface area contributed by atoms with Crippen molar-refractivity contribution in [1.82, 2.24) is 10.3 Å². The summed E-state index contributed by atoms with van der Waals surface area (Å²) < 4.78 is 5.09. The average Bonchev–Trinajstić information content (AvgIpc) is 2.41. The fraction of sp³-hybridized carbons (Fsp3) is 0.625. The maximum absolute atomic E-state index is 11.4. The Bertz CT molecular complexity index is 469. The van der Waals surface area contributed by atoms with Crippen molar-refractivity contribution >= 4 is 5.97 Å². The fourth-order valence-electron chi connectivity index (χ4n) is 2.06. The van der Waals surface area contributed by atoms with Gasteiger partial charge in [-0.05, 0) is 36.8 Å². The number of rotatable bonds is 7. The van der Waals surface area contributed by atoms with Crippen LogP contribution in [0.25, 0.3) is 0 Å². The summed E-state index contributed by atoms with van der Waals surface area (Å²) in [6, 6.07) is 3.05. The third-order valence-electron chi connectivity index (χ3n) is 3.40. The summed E-state index contributed by atoms with van der Waals surface area (Å²) in [5.74, 6) is -0.283. The number of aliphatic carboxylic acids is 1. The molecule has 1 aromatic rings. The fourth-order valence-corrected chi connectivity index (χ4v) is 2.06. The van der Waals surface area contributed by atoms with E-state index in [1.807, 2.05) is 19.1 Å². The van der Waals surface area contributed by atoms with Gasteiger partial charge >= 0.3 is 5.97 Å². The Hall–Kier alpha value is -1.62. The number of nitrogens with zero attached hydrogens (tertiary/aromatic N) is 1. The van der Waals surface area contributed by atoms with E-state index in [-0.39, 0.29) is 11.5 Å². The third kappa shape index (κ3) is 6.12. The molecule has 1 aromatic heterocycles. The zero-order chi connectivity index (χ0) is 16.0. The minimum atomic E-state index is -0.813. The van der Waals surface area contributed by atoms with Crippen LogP contribution in [0.1, 0.15) is 52.1 Å². The number of hydrogen-bond donors (Lipinski definition) is 2. The lowest BCUT2D eigenvalue weighted by atomic mass is 9.88. The number of ether oxygens (including phenoxy) is 1. The van der Waals surface area contributed by atoms with Crippen LogP contribution in [0.4, 0.5) is 0 Å². The summed E-state index contributed by atoms with van der Waals surface area (Å²) in [4.78, 5) is 15.5. The first-order valence-electron chi connectivity index (χ1n) is 7.22. The van der Waals surface area contributed by atoms with Crippen molar-refractivity contribution in [3.63, 3.8) is 0 Å². The van der Waals surface area contributed by atoms with Gasteiger partial charge in [0, 0.05) is 18.3 Å². The Balaban J connectivity index is 2.71. The van der Waals surface area contributed by atoms with Crippen LogP contribution in [-0.2, 0) is 4.79 Å². The van der Waals surface area contributed by atoms with Crippen LogP contribution in [0.2, 0.25) is 0 Å². The smallest absolute Gasteiger partial charge is 0.320 e. The Labute approximate surface area is 126 Å². The molecule has 2 unspecified atom stereocenters. The first-order chi connectivity index (χ1) is 9.73. The van der Waals surface area contributed by atoms with Crippen molar-refractivity contribution in [2.24, 2.45) is 5.41 Å². The third-order valence-corrected chi connectivity index (χ3v) is 3.40. The number of aromatic nitrogens is 1. The number of carbonyl (C=O) groups is 1. The Morgan fingerprint density at radius 3 is 2.67 bits per heavy atom. The number of hydrogen-bond acceptors (Lipinski definition) is 4. The van der Waals surface area contributed by atoms with E-state index in [0.29, 0.717) is 12.3 Å². The van der Waals surface area contributed by atoms with E-state index < -0.39 is 12.0 Å². The summed E-state index contributed by atoms with van der Waals surface area (Å²) in [7, 11) is 1.56. The molecule has 0 radical (unpaired) electrons. The molecule has 1 rings (SSSR count). The van der Waals surface area contributed by atoms with Crippen molar-refractivity contribution < 1.29 is 14.6 Å². The van der Waals surface area contributed by atoms with Crippen LogP contribution in [0, 0.1) is 5.41 Å². The maximum Gasteiger partial charge on any atom is 0.320 e. The number of pyridine rings is 1. The molecular formula is C16H26N2O3. The second-order valence-corrected chi connectivity index (χ2v) is 6.51. The molecule has 0 amide bonds. The van der Waals surface area contributed by atoms with Gasteiger partial charge in [-0.25, -0.2) is 4.98 Å². The number of carboxylic acid groups (broad SMARTS) is 1. The van der Waals surface area contributed by atoms with Crippen LogP contribution in [0.3, 0.4) is 0 Å². The van der Waals surface area contributed by atoms with Gasteiger partial charge in [0.05, 0.1) is 7.11 Å². The maximum atomic E-state index is 11.4. The zero-order valence-electron chi connectivity index (χ0n) is 13.5. The summed E-state index contributed by atoms with van der Waals surface area (Å²) in [6.45, 7) is 8.29. The van der Waals surface area contributed by atoms with Crippen LogP contribution < -0.4 is 10.1 Å². The molecule has 5 nitrogen and oxygen atoms in total. The highest BCUT2D eigenvalue weighted by atomic mass is 16.5. The zero-order valence-corrected chi connectivity index (χ0v) is 13.5. The van der Waals surface area contributed by atoms with Gasteiger partial charge in [0.25, 0.3) is 0 Å². The van der Waals surface area contributed by atoms with Gasteiger partial charge in [0.2, 0.25) is 5.88 Å². The molecule has 0 spiro atoms. The van der Waals surface area contributed by atoms with Crippen LogP contribution in [-0.4, -0.2) is 29.2 Å². The van der Waals surface area contributed by atoms with Crippen LogP contribution in [0.15, 0.2) is 18.3 Å². The number of nitrogens with one attached hydrogen (secondary N) is 1. The van der Waals surface area contributed by atoms with E-state index >= 15 is 0 Å². The lowest BCUT2D eigenvalue weighted by Crippen LogP contribution is -2.39. The Kier molecular flexibility index (Phi) is 6.15. The lowest BCUT2D eigenvalue weighted by molar-refractivity contribution is -0.140. The summed E-state index contributed by atoms with van der Waals surface area (Å²) in [5, 5.41) is 12.5. The van der Waals surface area contributed by atoms with Crippen molar-refractivity contribution in [3.8, 4) is 5.88 Å². The van der Waals surface area contributed by atoms with E-state index in [1.54, 1.807) is 13.3 Å². The molecule has 2 N–H and O–H groups in total. The van der Waals surface area contributed by atoms with Crippen molar-refractivity contribution in [2.45, 2.75) is 52.6 Å². The van der Waals surface area contributed by atoms with Crippen LogP contribution in [0.5, 0.6) is 5.88 Å². The van der Waals surface area contributed by atoms with E-state index in [1.165, 1.54) is 0 Å².